The van der Waals surface area contributed by atoms with Crippen LogP contribution in [0.25, 0.3) is 66.9 Å². The number of nitrogens with zero attached hydrogens (tertiary/aromatic N) is 2. The molecular formula is C51H32N2S. The molecule has 0 saturated carbocycles. The number of aromatic nitrogens is 2. The standard InChI is InChI=1S/C51H32N2S/c1-3-13-34(14-4-1)46-32-47(53-50(52-46)36-15-5-2-6-16-36)35-25-23-33(24-26-35)39-27-28-48-44(30-39)51(45-29-37-17-7-8-18-38(37)31-49(45)54-48)42-21-11-9-19-40(42)41-20-10-12-22-43(41)51/h1-32H. The first-order chi connectivity index (χ1) is 26.7. The summed E-state index contributed by atoms with van der Waals surface area (Å²) in [7, 11) is 0. The molecule has 0 N–H and O–H groups in total. The highest BCUT2D eigenvalue weighted by Crippen LogP contribution is 2.62. The molecule has 252 valence electrons. The molecule has 1 aliphatic heterocycles. The predicted molar refractivity (Wildman–Crippen MR) is 223 cm³/mol. The fourth-order valence-electron chi connectivity index (χ4n) is 8.67. The van der Waals surface area contributed by atoms with Crippen molar-refractivity contribution in [3.05, 3.63) is 216 Å². The predicted octanol–water partition coefficient (Wildman–Crippen LogP) is 13.1. The summed E-state index contributed by atoms with van der Waals surface area (Å²) in [5.41, 5.74) is 14.9. The van der Waals surface area contributed by atoms with Crippen LogP contribution < -0.4 is 0 Å². The fourth-order valence-corrected chi connectivity index (χ4v) is 9.87. The van der Waals surface area contributed by atoms with Gasteiger partial charge in [-0.2, -0.15) is 0 Å². The largest absolute Gasteiger partial charge is 0.228 e. The van der Waals surface area contributed by atoms with E-state index in [9.17, 15) is 0 Å². The summed E-state index contributed by atoms with van der Waals surface area (Å²) in [4.78, 5) is 12.7. The van der Waals surface area contributed by atoms with Crippen LogP contribution in [0.5, 0.6) is 0 Å². The number of hydrogen-bond acceptors (Lipinski definition) is 3. The maximum absolute atomic E-state index is 5.08. The van der Waals surface area contributed by atoms with E-state index in [1.807, 2.05) is 36.0 Å². The first-order valence-corrected chi connectivity index (χ1v) is 19.2. The van der Waals surface area contributed by atoms with E-state index in [0.717, 1.165) is 33.9 Å². The Bertz CT molecular complexity index is 2790. The van der Waals surface area contributed by atoms with E-state index in [1.165, 1.54) is 65.1 Å². The Morgan fingerprint density at radius 2 is 0.833 bits per heavy atom. The summed E-state index contributed by atoms with van der Waals surface area (Å²) in [6, 6.07) is 70.3. The van der Waals surface area contributed by atoms with Crippen LogP contribution in [-0.2, 0) is 5.41 Å². The van der Waals surface area contributed by atoms with Crippen molar-refractivity contribution < 1.29 is 0 Å². The van der Waals surface area contributed by atoms with E-state index >= 15 is 0 Å². The molecule has 0 amide bonds. The van der Waals surface area contributed by atoms with Gasteiger partial charge in [0.25, 0.3) is 0 Å². The van der Waals surface area contributed by atoms with Crippen LogP contribution in [0.15, 0.2) is 204 Å². The van der Waals surface area contributed by atoms with Crippen LogP contribution in [0.3, 0.4) is 0 Å². The van der Waals surface area contributed by atoms with Gasteiger partial charge in [-0.3, -0.25) is 0 Å². The number of hydrogen-bond donors (Lipinski definition) is 0. The maximum Gasteiger partial charge on any atom is 0.160 e. The van der Waals surface area contributed by atoms with Gasteiger partial charge in [-0.15, -0.1) is 0 Å². The minimum absolute atomic E-state index is 0.439. The van der Waals surface area contributed by atoms with E-state index in [-0.39, 0.29) is 0 Å². The summed E-state index contributed by atoms with van der Waals surface area (Å²) in [5.74, 6) is 0.721. The first kappa shape index (κ1) is 31.0. The Balaban J connectivity index is 1.07. The molecule has 8 aromatic carbocycles. The van der Waals surface area contributed by atoms with Gasteiger partial charge in [0.2, 0.25) is 0 Å². The highest BCUT2D eigenvalue weighted by molar-refractivity contribution is 7.99. The van der Waals surface area contributed by atoms with Crippen molar-refractivity contribution in [3.8, 4) is 56.2 Å². The summed E-state index contributed by atoms with van der Waals surface area (Å²) in [5, 5.41) is 2.54. The van der Waals surface area contributed by atoms with E-state index in [4.69, 9.17) is 9.97 Å². The zero-order valence-electron chi connectivity index (χ0n) is 29.3. The van der Waals surface area contributed by atoms with Crippen LogP contribution in [0.1, 0.15) is 22.3 Å². The lowest BCUT2D eigenvalue weighted by atomic mass is 9.66. The second kappa shape index (κ2) is 12.3. The molecular weight excluding hydrogens is 673 g/mol. The zero-order chi connectivity index (χ0) is 35.6. The molecule has 2 nitrogen and oxygen atoms in total. The third kappa shape index (κ3) is 4.75. The van der Waals surface area contributed by atoms with Gasteiger partial charge in [0.1, 0.15) is 0 Å². The molecule has 1 aromatic heterocycles. The van der Waals surface area contributed by atoms with E-state index < -0.39 is 5.41 Å². The molecule has 2 aliphatic rings. The maximum atomic E-state index is 5.08. The molecule has 54 heavy (non-hydrogen) atoms. The third-order valence-corrected chi connectivity index (χ3v) is 12.3. The Morgan fingerprint density at radius 1 is 0.333 bits per heavy atom. The smallest absolute Gasteiger partial charge is 0.160 e. The first-order valence-electron chi connectivity index (χ1n) is 18.4. The lowest BCUT2D eigenvalue weighted by molar-refractivity contribution is 0.724. The molecule has 9 aromatic rings. The fraction of sp³-hybridized carbons (Fsp3) is 0.0196. The Labute approximate surface area is 318 Å². The van der Waals surface area contributed by atoms with Crippen LogP contribution in [0.4, 0.5) is 0 Å². The van der Waals surface area contributed by atoms with E-state index in [2.05, 4.69) is 170 Å². The molecule has 3 heteroatoms. The van der Waals surface area contributed by atoms with Crippen LogP contribution >= 0.6 is 11.8 Å². The lowest BCUT2D eigenvalue weighted by Gasteiger charge is -2.40. The molecule has 2 heterocycles. The van der Waals surface area contributed by atoms with Crippen molar-refractivity contribution in [1.82, 2.24) is 9.97 Å². The number of fused-ring (bicyclic) bond motifs is 10. The van der Waals surface area contributed by atoms with Gasteiger partial charge < -0.3 is 0 Å². The summed E-state index contributed by atoms with van der Waals surface area (Å²) < 4.78 is 0. The average Bonchev–Trinajstić information content (AvgIpc) is 3.54. The monoisotopic (exact) mass is 704 g/mol. The van der Waals surface area contributed by atoms with Gasteiger partial charge >= 0.3 is 0 Å². The molecule has 1 aliphatic carbocycles. The van der Waals surface area contributed by atoms with Gasteiger partial charge in [-0.1, -0.05) is 176 Å². The number of benzene rings is 8. The molecule has 0 radical (unpaired) electrons. The Morgan fingerprint density at radius 3 is 1.50 bits per heavy atom. The van der Waals surface area contributed by atoms with Crippen LogP contribution in [0.2, 0.25) is 0 Å². The molecule has 0 fully saturated rings. The van der Waals surface area contributed by atoms with Crippen molar-refractivity contribution in [2.75, 3.05) is 0 Å². The van der Waals surface area contributed by atoms with Gasteiger partial charge in [0, 0.05) is 26.5 Å². The molecule has 1 spiro atoms. The second-order valence-electron chi connectivity index (χ2n) is 14.1. The van der Waals surface area contributed by atoms with Crippen molar-refractivity contribution in [2.24, 2.45) is 0 Å². The average molecular weight is 705 g/mol. The molecule has 11 rings (SSSR count). The minimum Gasteiger partial charge on any atom is -0.228 e. The molecule has 0 atom stereocenters. The third-order valence-electron chi connectivity index (χ3n) is 11.1. The Kier molecular flexibility index (Phi) is 7.05. The molecule has 0 saturated heterocycles. The van der Waals surface area contributed by atoms with Crippen molar-refractivity contribution >= 4 is 22.5 Å². The minimum atomic E-state index is -0.439. The van der Waals surface area contributed by atoms with Crippen LogP contribution in [-0.4, -0.2) is 9.97 Å². The van der Waals surface area contributed by atoms with Gasteiger partial charge in [0.05, 0.1) is 16.8 Å². The SMILES string of the molecule is c1ccc(-c2cc(-c3ccc(-c4ccc5c(c4)C4(c6cc7ccccc7cc6S5)c5ccccc5-c5ccccc54)cc3)nc(-c3ccccc3)n2)cc1. The van der Waals surface area contributed by atoms with Gasteiger partial charge in [-0.25, -0.2) is 9.97 Å². The van der Waals surface area contributed by atoms with E-state index in [1.54, 1.807) is 0 Å². The number of rotatable bonds is 4. The zero-order valence-corrected chi connectivity index (χ0v) is 30.1. The summed E-state index contributed by atoms with van der Waals surface area (Å²) in [6.07, 6.45) is 0. The normalized spacial score (nSPS) is 13.3. The van der Waals surface area contributed by atoms with Crippen molar-refractivity contribution in [3.63, 3.8) is 0 Å². The second-order valence-corrected chi connectivity index (χ2v) is 15.2. The van der Waals surface area contributed by atoms with Crippen LogP contribution in [0, 0.1) is 0 Å². The highest BCUT2D eigenvalue weighted by atomic mass is 32.2. The summed E-state index contributed by atoms with van der Waals surface area (Å²) >= 11 is 1.90. The van der Waals surface area contributed by atoms with Crippen molar-refractivity contribution in [2.45, 2.75) is 15.2 Å². The summed E-state index contributed by atoms with van der Waals surface area (Å²) in [6.45, 7) is 0. The van der Waals surface area contributed by atoms with E-state index in [0.29, 0.717) is 0 Å². The molecule has 0 bridgehead atoms. The quantitative estimate of drug-likeness (QED) is 0.182. The van der Waals surface area contributed by atoms with Gasteiger partial charge in [-0.05, 0) is 85.6 Å². The topological polar surface area (TPSA) is 25.8 Å². The Hall–Kier alpha value is -6.55. The lowest BCUT2D eigenvalue weighted by Crippen LogP contribution is -2.32. The highest BCUT2D eigenvalue weighted by Gasteiger charge is 2.50. The van der Waals surface area contributed by atoms with Crippen molar-refractivity contribution in [1.29, 1.82) is 0 Å². The molecule has 0 unspecified atom stereocenters. The van der Waals surface area contributed by atoms with Gasteiger partial charge in [0.15, 0.2) is 5.82 Å².